The lowest BCUT2D eigenvalue weighted by atomic mass is 9.73. The first-order valence-corrected chi connectivity index (χ1v) is 29.2. The minimum absolute atomic E-state index is 0.0526. The monoisotopic (exact) mass is 1060 g/mol. The summed E-state index contributed by atoms with van der Waals surface area (Å²) in [7, 11) is 0. The zero-order chi connectivity index (χ0) is 57.2. The third kappa shape index (κ3) is 10.5. The number of hydrogen-bond donors (Lipinski definition) is 0. The van der Waals surface area contributed by atoms with Crippen LogP contribution < -0.4 is 14.5 Å². The van der Waals surface area contributed by atoms with Gasteiger partial charge in [0.25, 0.3) is 0 Å². The number of pyridine rings is 1. The van der Waals surface area contributed by atoms with Gasteiger partial charge >= 0.3 is 0 Å². The minimum atomic E-state index is -0.284. The summed E-state index contributed by atoms with van der Waals surface area (Å²) in [6.07, 6.45) is 4.39. The third-order valence-corrected chi connectivity index (χ3v) is 17.1. The molecule has 0 radical (unpaired) electrons. The van der Waals surface area contributed by atoms with Gasteiger partial charge in [0, 0.05) is 63.1 Å². The molecule has 8 aromatic carbocycles. The van der Waals surface area contributed by atoms with Crippen LogP contribution in [0, 0.1) is 0 Å². The van der Waals surface area contributed by atoms with Crippen LogP contribution in [0.3, 0.4) is 0 Å². The summed E-state index contributed by atoms with van der Waals surface area (Å²) in [6, 6.07) is 71.5. The Balaban J connectivity index is 1.12. The van der Waals surface area contributed by atoms with E-state index in [0.717, 1.165) is 50.9 Å². The lowest BCUT2D eigenvalue weighted by Crippen LogP contribution is -2.28. The second kappa shape index (κ2) is 21.1. The predicted octanol–water partition coefficient (Wildman–Crippen LogP) is 20.4. The van der Waals surface area contributed by atoms with Crippen molar-refractivity contribution in [1.82, 2.24) is 9.55 Å². The predicted molar refractivity (Wildman–Crippen MR) is 344 cm³/mol. The number of fused-ring (bicyclic) bond motifs is 3. The van der Waals surface area contributed by atoms with Crippen LogP contribution in [0.5, 0.6) is 11.5 Å². The Morgan fingerprint density at radius 2 is 1.02 bits per heavy atom. The number of benzene rings is 8. The van der Waals surface area contributed by atoms with E-state index in [9.17, 15) is 0 Å². The maximum Gasteiger partial charge on any atom is 0.137 e. The molecule has 0 spiro atoms. The summed E-state index contributed by atoms with van der Waals surface area (Å²) >= 11 is 0. The van der Waals surface area contributed by atoms with Crippen LogP contribution in [-0.2, 0) is 21.7 Å². The first-order chi connectivity index (χ1) is 38.6. The Kier molecular flexibility index (Phi) is 14.2. The molecule has 0 saturated carbocycles. The summed E-state index contributed by atoms with van der Waals surface area (Å²) in [6.45, 7) is 33.1. The molecule has 0 fully saturated rings. The van der Waals surface area contributed by atoms with Gasteiger partial charge in [-0.2, -0.15) is 0 Å². The molecule has 0 saturated heterocycles. The summed E-state index contributed by atoms with van der Waals surface area (Å²) in [5.74, 6) is 3.00. The van der Waals surface area contributed by atoms with Crippen molar-refractivity contribution >= 4 is 38.9 Å². The largest absolute Gasteiger partial charge is 0.457 e. The van der Waals surface area contributed by atoms with Crippen LogP contribution >= 0.6 is 0 Å². The van der Waals surface area contributed by atoms with Gasteiger partial charge < -0.3 is 14.5 Å². The van der Waals surface area contributed by atoms with Gasteiger partial charge in [-0.05, 0) is 127 Å². The van der Waals surface area contributed by atoms with Crippen molar-refractivity contribution in [1.29, 1.82) is 0 Å². The standard InChI is InChI=1S/C76H80N4O/c1-50(2)63-34-26-35-64(51(3)4)71(63)69-48-78(59-42-57(75(11,12)54-29-20-16-21-30-54)41-58(43-59)76(13,14)55-31-22-17-23-32-55)49-79(69)60-39-53(52-27-18-15-19-28-52)40-61(45-60)81-62-46-66(74(8,9)10)72-65-33-24-25-36-67(65)80(68(72)47-62)70-44-56(37-38-77-70)73(5,6)7/h15-48,50-51H,49H2,1-14H3. The number of para-hydroxylation sites is 1. The Bertz CT molecular complexity index is 3860. The summed E-state index contributed by atoms with van der Waals surface area (Å²) in [5.41, 5.74) is 18.4. The van der Waals surface area contributed by atoms with Crippen LogP contribution in [0.1, 0.15) is 159 Å². The highest BCUT2D eigenvalue weighted by Crippen LogP contribution is 2.47. The molecule has 0 unspecified atom stereocenters. The maximum absolute atomic E-state index is 7.42. The molecule has 0 bridgehead atoms. The quantitative estimate of drug-likeness (QED) is 0.115. The molecule has 81 heavy (non-hydrogen) atoms. The lowest BCUT2D eigenvalue weighted by molar-refractivity contribution is 0.480. The molecule has 0 N–H and O–H groups in total. The van der Waals surface area contributed by atoms with Gasteiger partial charge in [-0.15, -0.1) is 0 Å². The SMILES string of the molecule is CC(C)c1cccc(C(C)C)c1C1=CN(c2cc(C(C)(C)c3ccccc3)cc(C(C)(C)c3ccccc3)c2)CN1c1cc(Oc2cc(C(C)(C)C)c3c4ccccc4n(-c4cc(C(C)(C)C)ccn4)c3c2)cc(-c2ccccc2)c1. The first-order valence-electron chi connectivity index (χ1n) is 29.2. The van der Waals surface area contributed by atoms with E-state index < -0.39 is 0 Å². The van der Waals surface area contributed by atoms with Crippen molar-refractivity contribution in [2.45, 2.75) is 130 Å². The normalized spacial score (nSPS) is 13.5. The van der Waals surface area contributed by atoms with E-state index in [1.54, 1.807) is 0 Å². The van der Waals surface area contributed by atoms with Crippen molar-refractivity contribution in [2.24, 2.45) is 0 Å². The second-order valence-corrected chi connectivity index (χ2v) is 26.2. The number of hydrogen-bond acceptors (Lipinski definition) is 4. The van der Waals surface area contributed by atoms with Gasteiger partial charge in [-0.3, -0.25) is 4.57 Å². The fourth-order valence-corrected chi connectivity index (χ4v) is 12.2. The van der Waals surface area contributed by atoms with Crippen molar-refractivity contribution < 1.29 is 4.74 Å². The molecule has 10 aromatic rings. The molecule has 410 valence electrons. The number of rotatable bonds is 13. The van der Waals surface area contributed by atoms with Gasteiger partial charge in [0.2, 0.25) is 0 Å². The van der Waals surface area contributed by atoms with Crippen molar-refractivity contribution in [3.63, 3.8) is 0 Å². The van der Waals surface area contributed by atoms with Crippen molar-refractivity contribution in [2.75, 3.05) is 16.5 Å². The maximum atomic E-state index is 7.42. The third-order valence-electron chi connectivity index (χ3n) is 17.1. The topological polar surface area (TPSA) is 33.5 Å². The Labute approximate surface area is 482 Å². The highest BCUT2D eigenvalue weighted by molar-refractivity contribution is 6.11. The molecule has 2 aromatic heterocycles. The summed E-state index contributed by atoms with van der Waals surface area (Å²) < 4.78 is 9.76. The van der Waals surface area contributed by atoms with E-state index in [0.29, 0.717) is 6.67 Å². The average molecular weight is 1070 g/mol. The fraction of sp³-hybridized carbons (Fsp3) is 0.276. The molecule has 5 heteroatoms. The van der Waals surface area contributed by atoms with Gasteiger partial charge in [0.05, 0.1) is 23.4 Å². The first kappa shape index (κ1) is 54.8. The number of aromatic nitrogens is 2. The van der Waals surface area contributed by atoms with E-state index in [1.165, 1.54) is 66.5 Å². The smallest absolute Gasteiger partial charge is 0.137 e. The molecule has 0 aliphatic carbocycles. The summed E-state index contributed by atoms with van der Waals surface area (Å²) in [5, 5.41) is 2.42. The van der Waals surface area contributed by atoms with E-state index in [4.69, 9.17) is 9.72 Å². The second-order valence-electron chi connectivity index (χ2n) is 26.2. The highest BCUT2D eigenvalue weighted by atomic mass is 16.5. The van der Waals surface area contributed by atoms with E-state index in [1.807, 2.05) is 6.20 Å². The Hall–Kier alpha value is -8.15. The van der Waals surface area contributed by atoms with Gasteiger partial charge in [-0.1, -0.05) is 230 Å². The number of anilines is 2. The minimum Gasteiger partial charge on any atom is -0.457 e. The average Bonchev–Trinajstić information content (AvgIpc) is 4.12. The fourth-order valence-electron chi connectivity index (χ4n) is 12.2. The number of nitrogens with zero attached hydrogens (tertiary/aromatic N) is 4. The summed E-state index contributed by atoms with van der Waals surface area (Å²) in [4.78, 5) is 10.1. The molecule has 3 heterocycles. The van der Waals surface area contributed by atoms with Gasteiger partial charge in [-0.25, -0.2) is 4.98 Å². The van der Waals surface area contributed by atoms with E-state index >= 15 is 0 Å². The van der Waals surface area contributed by atoms with Crippen LogP contribution in [-0.4, -0.2) is 16.2 Å². The molecule has 0 amide bonds. The molecular weight excluding hydrogens is 985 g/mol. The van der Waals surface area contributed by atoms with Gasteiger partial charge in [0.1, 0.15) is 17.3 Å². The highest BCUT2D eigenvalue weighted by Gasteiger charge is 2.34. The Morgan fingerprint density at radius 3 is 1.60 bits per heavy atom. The molecule has 1 aliphatic rings. The molecular formula is C76H80N4O. The van der Waals surface area contributed by atoms with Crippen LogP contribution in [0.15, 0.2) is 207 Å². The van der Waals surface area contributed by atoms with Crippen LogP contribution in [0.25, 0.3) is 44.4 Å². The molecule has 5 nitrogen and oxygen atoms in total. The molecule has 1 aliphatic heterocycles. The van der Waals surface area contributed by atoms with Crippen LogP contribution in [0.2, 0.25) is 0 Å². The zero-order valence-corrected chi connectivity index (χ0v) is 50.2. The zero-order valence-electron chi connectivity index (χ0n) is 50.2. The van der Waals surface area contributed by atoms with Crippen LogP contribution in [0.4, 0.5) is 11.4 Å². The van der Waals surface area contributed by atoms with E-state index in [-0.39, 0.29) is 33.5 Å². The van der Waals surface area contributed by atoms with Gasteiger partial charge in [0.15, 0.2) is 0 Å². The number of ether oxygens (including phenoxy) is 1. The lowest BCUT2D eigenvalue weighted by Gasteiger charge is -2.33. The van der Waals surface area contributed by atoms with E-state index in [2.05, 4.69) is 312 Å². The van der Waals surface area contributed by atoms with Crippen molar-refractivity contribution in [3.8, 4) is 28.4 Å². The molecule has 11 rings (SSSR count). The Morgan fingerprint density at radius 1 is 0.457 bits per heavy atom. The van der Waals surface area contributed by atoms with Crippen molar-refractivity contribution in [3.05, 3.63) is 257 Å². The molecule has 0 atom stereocenters.